The molecule has 1 N–H and O–H groups in total. The third-order valence-electron chi connectivity index (χ3n) is 0.371. The zero-order valence-electron chi connectivity index (χ0n) is 8.06. The average molecular weight is 163 g/mol. The lowest BCUT2D eigenvalue weighted by Gasteiger charge is -1.78. The van der Waals surface area contributed by atoms with Gasteiger partial charge in [-0.2, -0.15) is 0 Å². The van der Waals surface area contributed by atoms with Crippen molar-refractivity contribution >= 4 is 11.8 Å². The third-order valence-corrected chi connectivity index (χ3v) is 0.779. The molecule has 0 saturated carbocycles. The van der Waals surface area contributed by atoms with Crippen LogP contribution >= 0.6 is 11.8 Å². The first kappa shape index (κ1) is 16.5. The van der Waals surface area contributed by atoms with E-state index in [1.165, 1.54) is 0 Å². The number of thioether (sulfide) groups is 1. The fourth-order valence-electron chi connectivity index (χ4n) is 0.136. The molecule has 0 radical (unpaired) electrons. The molecular formula is C8H21NS. The van der Waals surface area contributed by atoms with Crippen molar-refractivity contribution < 1.29 is 0 Å². The van der Waals surface area contributed by atoms with Gasteiger partial charge in [0.1, 0.15) is 0 Å². The largest absolute Gasteiger partial charge is 0.394 e. The quantitative estimate of drug-likeness (QED) is 0.671. The molecule has 0 spiro atoms. The molecule has 0 aliphatic carbocycles. The van der Waals surface area contributed by atoms with Crippen molar-refractivity contribution in [2.24, 2.45) is 0 Å². The first-order valence-corrected chi connectivity index (χ1v) is 5.05. The SMILES string of the molecule is CC.CC.CN/C=C\SC. The molecule has 0 amide bonds. The summed E-state index contributed by atoms with van der Waals surface area (Å²) in [6.07, 6.45) is 3.92. The third kappa shape index (κ3) is 44.8. The Kier molecular flexibility index (Phi) is 60.2. The van der Waals surface area contributed by atoms with E-state index in [0.29, 0.717) is 0 Å². The second-order valence-corrected chi connectivity index (χ2v) is 1.57. The molecule has 2 heteroatoms. The van der Waals surface area contributed by atoms with Crippen molar-refractivity contribution in [3.63, 3.8) is 0 Å². The number of rotatable bonds is 2. The van der Waals surface area contributed by atoms with E-state index >= 15 is 0 Å². The summed E-state index contributed by atoms with van der Waals surface area (Å²) in [7, 11) is 1.88. The van der Waals surface area contributed by atoms with Crippen molar-refractivity contribution in [3.8, 4) is 0 Å². The van der Waals surface area contributed by atoms with E-state index in [-0.39, 0.29) is 0 Å². The number of hydrogen-bond donors (Lipinski definition) is 1. The van der Waals surface area contributed by atoms with Crippen LogP contribution in [0.4, 0.5) is 0 Å². The molecule has 0 bridgehead atoms. The van der Waals surface area contributed by atoms with Crippen molar-refractivity contribution in [2.45, 2.75) is 27.7 Å². The molecule has 0 aromatic rings. The molecule has 0 unspecified atom stereocenters. The Bertz CT molecular complexity index is 38.5. The zero-order valence-corrected chi connectivity index (χ0v) is 8.88. The Morgan fingerprint density at radius 3 is 1.60 bits per heavy atom. The molecule has 0 rings (SSSR count). The fourth-order valence-corrected chi connectivity index (χ4v) is 0.408. The highest BCUT2D eigenvalue weighted by Crippen LogP contribution is 1.88. The molecule has 0 aromatic heterocycles. The Labute approximate surface area is 70.3 Å². The lowest BCUT2D eigenvalue weighted by atomic mass is 11.0. The van der Waals surface area contributed by atoms with Gasteiger partial charge in [0.05, 0.1) is 0 Å². The highest BCUT2D eigenvalue weighted by atomic mass is 32.2. The van der Waals surface area contributed by atoms with Gasteiger partial charge in [-0.15, -0.1) is 11.8 Å². The van der Waals surface area contributed by atoms with Crippen molar-refractivity contribution in [2.75, 3.05) is 13.3 Å². The fraction of sp³-hybridized carbons (Fsp3) is 0.750. The van der Waals surface area contributed by atoms with E-state index in [9.17, 15) is 0 Å². The van der Waals surface area contributed by atoms with Gasteiger partial charge < -0.3 is 5.32 Å². The summed E-state index contributed by atoms with van der Waals surface area (Å²) >= 11 is 1.68. The van der Waals surface area contributed by atoms with E-state index < -0.39 is 0 Å². The molecule has 1 nitrogen and oxygen atoms in total. The second-order valence-electron chi connectivity index (χ2n) is 0.827. The van der Waals surface area contributed by atoms with E-state index in [4.69, 9.17) is 0 Å². The summed E-state index contributed by atoms with van der Waals surface area (Å²) in [4.78, 5) is 0. The van der Waals surface area contributed by atoms with Crippen LogP contribution < -0.4 is 5.32 Å². The van der Waals surface area contributed by atoms with E-state index in [1.54, 1.807) is 11.8 Å². The van der Waals surface area contributed by atoms with Crippen LogP contribution in [0.2, 0.25) is 0 Å². The Morgan fingerprint density at radius 2 is 1.50 bits per heavy atom. The molecule has 0 atom stereocenters. The van der Waals surface area contributed by atoms with Gasteiger partial charge in [0.15, 0.2) is 0 Å². The van der Waals surface area contributed by atoms with Gasteiger partial charge in [0, 0.05) is 13.2 Å². The van der Waals surface area contributed by atoms with Crippen molar-refractivity contribution in [3.05, 3.63) is 11.6 Å². The van der Waals surface area contributed by atoms with E-state index in [2.05, 4.69) is 5.32 Å². The summed E-state index contributed by atoms with van der Waals surface area (Å²) in [6, 6.07) is 0. The Hall–Kier alpha value is -0.110. The van der Waals surface area contributed by atoms with E-state index in [1.807, 2.05) is 52.6 Å². The smallest absolute Gasteiger partial charge is 0.00278 e. The Balaban J connectivity index is -0.000000105. The van der Waals surface area contributed by atoms with Gasteiger partial charge in [-0.3, -0.25) is 0 Å². The van der Waals surface area contributed by atoms with Crippen LogP contribution in [0.1, 0.15) is 27.7 Å². The summed E-state index contributed by atoms with van der Waals surface area (Å²) in [5.74, 6) is 0. The van der Waals surface area contributed by atoms with Crippen LogP contribution in [-0.4, -0.2) is 13.3 Å². The summed E-state index contributed by atoms with van der Waals surface area (Å²) in [6.45, 7) is 8.00. The van der Waals surface area contributed by atoms with Crippen molar-refractivity contribution in [1.82, 2.24) is 5.32 Å². The number of nitrogens with one attached hydrogen (secondary N) is 1. The lowest BCUT2D eigenvalue weighted by Crippen LogP contribution is -1.89. The van der Waals surface area contributed by atoms with Gasteiger partial charge in [0.25, 0.3) is 0 Å². The van der Waals surface area contributed by atoms with Gasteiger partial charge in [-0.25, -0.2) is 0 Å². The molecule has 0 heterocycles. The van der Waals surface area contributed by atoms with Crippen LogP contribution in [0, 0.1) is 0 Å². The standard InChI is InChI=1S/C4H9NS.2C2H6/c1-5-3-4-6-2;2*1-2/h3-5H,1-2H3;2*1-2H3/b4-3-;;. The predicted molar refractivity (Wildman–Crippen MR) is 54.4 cm³/mol. The van der Waals surface area contributed by atoms with Crippen LogP contribution in [0.15, 0.2) is 11.6 Å². The maximum atomic E-state index is 2.87. The molecule has 0 aliphatic rings. The normalized spacial score (nSPS) is 7.00. The molecule has 10 heavy (non-hydrogen) atoms. The van der Waals surface area contributed by atoms with Crippen LogP contribution in [0.5, 0.6) is 0 Å². The predicted octanol–water partition coefficient (Wildman–Crippen LogP) is 3.09. The number of hydrogen-bond acceptors (Lipinski definition) is 2. The van der Waals surface area contributed by atoms with Gasteiger partial charge in [0.2, 0.25) is 0 Å². The van der Waals surface area contributed by atoms with Crippen molar-refractivity contribution in [1.29, 1.82) is 0 Å². The first-order chi connectivity index (χ1) is 4.91. The zero-order chi connectivity index (χ0) is 8.83. The van der Waals surface area contributed by atoms with Gasteiger partial charge >= 0.3 is 0 Å². The summed E-state index contributed by atoms with van der Waals surface area (Å²) in [5.41, 5.74) is 0. The molecular weight excluding hydrogens is 142 g/mol. The highest BCUT2D eigenvalue weighted by molar-refractivity contribution is 8.01. The van der Waals surface area contributed by atoms with Crippen LogP contribution in [0.25, 0.3) is 0 Å². The minimum absolute atomic E-state index is 1.68. The van der Waals surface area contributed by atoms with Gasteiger partial charge in [-0.1, -0.05) is 27.7 Å². The average Bonchev–Trinajstić information content (AvgIpc) is 2.08. The molecule has 0 saturated heterocycles. The summed E-state index contributed by atoms with van der Waals surface area (Å²) in [5, 5.41) is 4.85. The van der Waals surface area contributed by atoms with E-state index in [0.717, 1.165) is 0 Å². The minimum atomic E-state index is 1.68. The monoisotopic (exact) mass is 163 g/mol. The maximum absolute atomic E-state index is 2.87. The highest BCUT2D eigenvalue weighted by Gasteiger charge is 1.56. The summed E-state index contributed by atoms with van der Waals surface area (Å²) < 4.78 is 0. The topological polar surface area (TPSA) is 12.0 Å². The molecule has 0 aromatic carbocycles. The second kappa shape index (κ2) is 36.6. The molecule has 64 valence electrons. The minimum Gasteiger partial charge on any atom is -0.394 e. The maximum Gasteiger partial charge on any atom is 0.00278 e. The Morgan fingerprint density at radius 1 is 1.10 bits per heavy atom. The lowest BCUT2D eigenvalue weighted by molar-refractivity contribution is 1.11. The molecule has 0 aliphatic heterocycles. The molecule has 0 fully saturated rings. The van der Waals surface area contributed by atoms with Crippen LogP contribution in [0.3, 0.4) is 0 Å². The van der Waals surface area contributed by atoms with Crippen LogP contribution in [-0.2, 0) is 0 Å². The van der Waals surface area contributed by atoms with Gasteiger partial charge in [-0.05, 0) is 11.7 Å². The first-order valence-electron chi connectivity index (χ1n) is 3.77.